The Morgan fingerprint density at radius 3 is 2.64 bits per heavy atom. The number of hydrogen-bond donors (Lipinski definition) is 0. The van der Waals surface area contributed by atoms with Crippen molar-refractivity contribution in [2.24, 2.45) is 17.8 Å². The SMILES string of the molecule is CCCC1CCc2cc(C3CCC4CC(OC)CCC4C3)ccc2C1. The van der Waals surface area contributed by atoms with Crippen LogP contribution < -0.4 is 0 Å². The van der Waals surface area contributed by atoms with Crippen molar-refractivity contribution in [2.45, 2.75) is 89.6 Å². The van der Waals surface area contributed by atoms with Crippen molar-refractivity contribution >= 4 is 0 Å². The Morgan fingerprint density at radius 2 is 1.80 bits per heavy atom. The second kappa shape index (κ2) is 7.82. The molecule has 5 unspecified atom stereocenters. The van der Waals surface area contributed by atoms with Gasteiger partial charge in [-0.15, -0.1) is 0 Å². The quantitative estimate of drug-likeness (QED) is 0.626. The topological polar surface area (TPSA) is 9.23 Å². The second-order valence-corrected chi connectivity index (χ2v) is 9.13. The van der Waals surface area contributed by atoms with Gasteiger partial charge in [-0.1, -0.05) is 38.0 Å². The molecule has 0 N–H and O–H groups in total. The van der Waals surface area contributed by atoms with Crippen LogP contribution in [0.3, 0.4) is 0 Å². The predicted octanol–water partition coefficient (Wildman–Crippen LogP) is 6.29. The van der Waals surface area contributed by atoms with Crippen molar-refractivity contribution in [3.05, 3.63) is 34.9 Å². The number of benzene rings is 1. The Balaban J connectivity index is 1.42. The molecule has 2 fully saturated rings. The molecule has 1 aromatic carbocycles. The fourth-order valence-corrected chi connectivity index (χ4v) is 6.12. The summed E-state index contributed by atoms with van der Waals surface area (Å²) in [6, 6.07) is 7.57. The van der Waals surface area contributed by atoms with Crippen LogP contribution in [0.25, 0.3) is 0 Å². The van der Waals surface area contributed by atoms with E-state index in [0.717, 1.165) is 23.7 Å². The van der Waals surface area contributed by atoms with E-state index in [0.29, 0.717) is 6.10 Å². The minimum absolute atomic E-state index is 0.539. The van der Waals surface area contributed by atoms with Gasteiger partial charge in [0.25, 0.3) is 0 Å². The van der Waals surface area contributed by atoms with Crippen LogP contribution in [0.1, 0.15) is 87.3 Å². The average molecular weight is 341 g/mol. The van der Waals surface area contributed by atoms with E-state index >= 15 is 0 Å². The summed E-state index contributed by atoms with van der Waals surface area (Å²) in [7, 11) is 1.90. The standard InChI is InChI=1S/C24H36O/c1-3-4-17-5-6-19-14-20(8-7-18(19)13-17)21-9-10-23-16-24(25-2)12-11-22(23)15-21/h7-8,14,17,21-24H,3-6,9-13,15-16H2,1-2H3. The van der Waals surface area contributed by atoms with Crippen molar-refractivity contribution < 1.29 is 4.74 Å². The molecule has 0 heterocycles. The lowest BCUT2D eigenvalue weighted by Gasteiger charge is -2.42. The summed E-state index contributed by atoms with van der Waals surface area (Å²) in [5.74, 6) is 3.64. The van der Waals surface area contributed by atoms with Crippen LogP contribution in [0.2, 0.25) is 0 Å². The Kier molecular flexibility index (Phi) is 5.50. The van der Waals surface area contributed by atoms with Gasteiger partial charge in [0, 0.05) is 7.11 Å². The number of fused-ring (bicyclic) bond motifs is 2. The molecule has 0 saturated heterocycles. The summed E-state index contributed by atoms with van der Waals surface area (Å²) >= 11 is 0. The zero-order chi connectivity index (χ0) is 17.2. The Hall–Kier alpha value is -0.820. The zero-order valence-corrected chi connectivity index (χ0v) is 16.3. The maximum atomic E-state index is 5.64. The molecule has 0 aromatic heterocycles. The minimum Gasteiger partial charge on any atom is -0.381 e. The third-order valence-electron chi connectivity index (χ3n) is 7.63. The third-order valence-corrected chi connectivity index (χ3v) is 7.63. The highest BCUT2D eigenvalue weighted by atomic mass is 16.5. The second-order valence-electron chi connectivity index (χ2n) is 9.13. The molecule has 1 nitrogen and oxygen atoms in total. The van der Waals surface area contributed by atoms with Gasteiger partial charge in [0.15, 0.2) is 0 Å². The lowest BCUT2D eigenvalue weighted by molar-refractivity contribution is 0.0123. The maximum Gasteiger partial charge on any atom is 0.0574 e. The maximum absolute atomic E-state index is 5.64. The van der Waals surface area contributed by atoms with Gasteiger partial charge in [0.2, 0.25) is 0 Å². The number of rotatable bonds is 4. The first kappa shape index (κ1) is 17.6. The molecule has 2 saturated carbocycles. The molecule has 3 aliphatic rings. The summed E-state index contributed by atoms with van der Waals surface area (Å²) in [6.45, 7) is 2.33. The summed E-state index contributed by atoms with van der Waals surface area (Å²) < 4.78 is 5.64. The smallest absolute Gasteiger partial charge is 0.0574 e. The van der Waals surface area contributed by atoms with E-state index in [-0.39, 0.29) is 0 Å². The number of aryl methyl sites for hydroxylation is 1. The Labute approximate surface area is 154 Å². The first-order valence-corrected chi connectivity index (χ1v) is 10.9. The molecular formula is C24H36O. The van der Waals surface area contributed by atoms with Gasteiger partial charge in [-0.05, 0) is 98.1 Å². The Morgan fingerprint density at radius 1 is 0.960 bits per heavy atom. The molecule has 0 aliphatic heterocycles. The van der Waals surface area contributed by atoms with E-state index in [2.05, 4.69) is 25.1 Å². The lowest BCUT2D eigenvalue weighted by atomic mass is 9.65. The molecule has 25 heavy (non-hydrogen) atoms. The molecule has 4 rings (SSSR count). The molecule has 1 heteroatoms. The highest BCUT2D eigenvalue weighted by molar-refractivity contribution is 5.36. The molecule has 138 valence electrons. The number of methoxy groups -OCH3 is 1. The van der Waals surface area contributed by atoms with Crippen LogP contribution in [0, 0.1) is 17.8 Å². The van der Waals surface area contributed by atoms with E-state index in [1.165, 1.54) is 70.6 Å². The van der Waals surface area contributed by atoms with Crippen molar-refractivity contribution in [2.75, 3.05) is 7.11 Å². The van der Waals surface area contributed by atoms with Crippen molar-refractivity contribution in [1.29, 1.82) is 0 Å². The zero-order valence-electron chi connectivity index (χ0n) is 16.3. The molecule has 0 bridgehead atoms. The van der Waals surface area contributed by atoms with Gasteiger partial charge in [-0.25, -0.2) is 0 Å². The van der Waals surface area contributed by atoms with Gasteiger partial charge in [0.1, 0.15) is 0 Å². The molecule has 5 atom stereocenters. The molecule has 0 radical (unpaired) electrons. The number of ether oxygens (including phenoxy) is 1. The first-order chi connectivity index (χ1) is 12.3. The highest BCUT2D eigenvalue weighted by Gasteiger charge is 2.36. The van der Waals surface area contributed by atoms with Crippen LogP contribution in [0.5, 0.6) is 0 Å². The molecule has 0 amide bonds. The minimum atomic E-state index is 0.539. The number of hydrogen-bond acceptors (Lipinski definition) is 1. The average Bonchev–Trinajstić information content (AvgIpc) is 2.67. The third kappa shape index (κ3) is 3.82. The highest BCUT2D eigenvalue weighted by Crippen LogP contribution is 2.47. The van der Waals surface area contributed by atoms with Crippen LogP contribution in [-0.4, -0.2) is 13.2 Å². The summed E-state index contributed by atoms with van der Waals surface area (Å²) in [4.78, 5) is 0. The Bertz CT molecular complexity index is 577. The normalized spacial score (nSPS) is 35.0. The van der Waals surface area contributed by atoms with E-state index < -0.39 is 0 Å². The molecular weight excluding hydrogens is 304 g/mol. The van der Waals surface area contributed by atoms with Crippen molar-refractivity contribution in [3.8, 4) is 0 Å². The van der Waals surface area contributed by atoms with Crippen LogP contribution in [-0.2, 0) is 17.6 Å². The first-order valence-electron chi connectivity index (χ1n) is 10.9. The fourth-order valence-electron chi connectivity index (χ4n) is 6.12. The summed E-state index contributed by atoms with van der Waals surface area (Å²) in [5, 5.41) is 0. The van der Waals surface area contributed by atoms with E-state index in [1.54, 1.807) is 16.7 Å². The van der Waals surface area contributed by atoms with E-state index in [9.17, 15) is 0 Å². The largest absolute Gasteiger partial charge is 0.381 e. The lowest BCUT2D eigenvalue weighted by Crippen LogP contribution is -2.33. The monoisotopic (exact) mass is 340 g/mol. The van der Waals surface area contributed by atoms with E-state index in [4.69, 9.17) is 4.74 Å². The fraction of sp³-hybridized carbons (Fsp3) is 0.750. The van der Waals surface area contributed by atoms with Gasteiger partial charge in [-0.3, -0.25) is 0 Å². The summed E-state index contributed by atoms with van der Waals surface area (Å²) in [5.41, 5.74) is 4.98. The predicted molar refractivity (Wildman–Crippen MR) is 105 cm³/mol. The molecule has 0 spiro atoms. The van der Waals surface area contributed by atoms with E-state index in [1.807, 2.05) is 7.11 Å². The van der Waals surface area contributed by atoms with Gasteiger partial charge in [-0.2, -0.15) is 0 Å². The summed E-state index contributed by atoms with van der Waals surface area (Å²) in [6.07, 6.45) is 15.6. The van der Waals surface area contributed by atoms with Crippen LogP contribution in [0.4, 0.5) is 0 Å². The van der Waals surface area contributed by atoms with Crippen molar-refractivity contribution in [3.63, 3.8) is 0 Å². The molecule has 1 aromatic rings. The molecule has 3 aliphatic carbocycles. The van der Waals surface area contributed by atoms with Crippen LogP contribution in [0.15, 0.2) is 18.2 Å². The van der Waals surface area contributed by atoms with Gasteiger partial charge < -0.3 is 4.74 Å². The van der Waals surface area contributed by atoms with Gasteiger partial charge in [0.05, 0.1) is 6.10 Å². The van der Waals surface area contributed by atoms with Crippen LogP contribution >= 0.6 is 0 Å². The van der Waals surface area contributed by atoms with Crippen molar-refractivity contribution in [1.82, 2.24) is 0 Å². The van der Waals surface area contributed by atoms with Gasteiger partial charge >= 0.3 is 0 Å².